The van der Waals surface area contributed by atoms with E-state index >= 15 is 0 Å². The Morgan fingerprint density at radius 2 is 1.79 bits per heavy atom. The lowest BCUT2D eigenvalue weighted by molar-refractivity contribution is -0.147. The number of carboxylic acid groups (broad SMARTS) is 1. The van der Waals surface area contributed by atoms with E-state index in [1.807, 2.05) is 30.3 Å². The molecule has 0 saturated carbocycles. The number of amides is 1. The fourth-order valence-corrected chi connectivity index (χ4v) is 3.32. The number of benzene rings is 1. The van der Waals surface area contributed by atoms with Gasteiger partial charge in [0.15, 0.2) is 9.84 Å². The van der Waals surface area contributed by atoms with E-state index in [0.717, 1.165) is 5.56 Å². The number of nitrogens with one attached hydrogen (secondary N) is 1. The number of aryl methyl sites for hydroxylation is 1. The first-order valence-corrected chi connectivity index (χ1v) is 9.69. The maximum Gasteiger partial charge on any atom is 0.309 e. The zero-order valence-electron chi connectivity index (χ0n) is 14.1. The van der Waals surface area contributed by atoms with Crippen LogP contribution in [-0.4, -0.2) is 43.5 Å². The third-order valence-corrected chi connectivity index (χ3v) is 5.38. The number of sulfone groups is 1. The van der Waals surface area contributed by atoms with Gasteiger partial charge in [0.2, 0.25) is 5.91 Å². The van der Waals surface area contributed by atoms with Crippen molar-refractivity contribution in [3.05, 3.63) is 35.9 Å². The summed E-state index contributed by atoms with van der Waals surface area (Å²) in [5.74, 6) is -2.15. The summed E-state index contributed by atoms with van der Waals surface area (Å²) in [6, 6.07) is 9.56. The maximum absolute atomic E-state index is 11.9. The molecule has 0 aromatic heterocycles. The van der Waals surface area contributed by atoms with Crippen LogP contribution in [0.3, 0.4) is 0 Å². The molecule has 1 rings (SSSR count). The molecule has 0 saturated heterocycles. The van der Waals surface area contributed by atoms with Gasteiger partial charge in [-0.05, 0) is 38.7 Å². The summed E-state index contributed by atoms with van der Waals surface area (Å²) in [6.45, 7) is 3.25. The summed E-state index contributed by atoms with van der Waals surface area (Å²) in [5.41, 5.74) is 0.107. The smallest absolute Gasteiger partial charge is 0.309 e. The van der Waals surface area contributed by atoms with Crippen molar-refractivity contribution in [3.63, 3.8) is 0 Å². The Hall–Kier alpha value is -1.89. The van der Waals surface area contributed by atoms with Gasteiger partial charge >= 0.3 is 5.97 Å². The second kappa shape index (κ2) is 8.82. The summed E-state index contributed by atoms with van der Waals surface area (Å²) in [6.07, 6.45) is 1.35. The Kier molecular flexibility index (Phi) is 7.41. The molecule has 0 unspecified atom stereocenters. The minimum absolute atomic E-state index is 0.0457. The number of carbonyl (C=O) groups excluding carboxylic acids is 1. The first kappa shape index (κ1) is 20.2. The van der Waals surface area contributed by atoms with Crippen LogP contribution in [0.5, 0.6) is 0 Å². The second-order valence-electron chi connectivity index (χ2n) is 6.47. The van der Waals surface area contributed by atoms with Crippen LogP contribution in [0.25, 0.3) is 0 Å². The lowest BCUT2D eigenvalue weighted by Gasteiger charge is -2.18. The van der Waals surface area contributed by atoms with Gasteiger partial charge in [-0.25, -0.2) is 8.42 Å². The van der Waals surface area contributed by atoms with Crippen molar-refractivity contribution in [3.8, 4) is 0 Å². The van der Waals surface area contributed by atoms with E-state index in [-0.39, 0.29) is 18.7 Å². The molecule has 0 bridgehead atoms. The summed E-state index contributed by atoms with van der Waals surface area (Å²) in [5, 5.41) is 11.5. The summed E-state index contributed by atoms with van der Waals surface area (Å²) >= 11 is 0. The van der Waals surface area contributed by atoms with Crippen molar-refractivity contribution in [2.75, 3.05) is 18.1 Å². The number of aliphatic carboxylic acids is 1. The van der Waals surface area contributed by atoms with Crippen molar-refractivity contribution in [1.82, 2.24) is 5.32 Å². The molecule has 0 atom stereocenters. The van der Waals surface area contributed by atoms with Gasteiger partial charge in [-0.1, -0.05) is 30.3 Å². The van der Waals surface area contributed by atoms with Crippen LogP contribution in [0.2, 0.25) is 0 Å². The minimum atomic E-state index is -3.46. The summed E-state index contributed by atoms with van der Waals surface area (Å²) < 4.78 is 23.9. The normalized spacial score (nSPS) is 11.9. The quantitative estimate of drug-likeness (QED) is 0.665. The molecular formula is C17H25NO5S. The van der Waals surface area contributed by atoms with E-state index in [2.05, 4.69) is 5.32 Å². The van der Waals surface area contributed by atoms with Crippen molar-refractivity contribution in [1.29, 1.82) is 0 Å². The molecule has 1 aromatic carbocycles. The van der Waals surface area contributed by atoms with Crippen LogP contribution in [0.15, 0.2) is 30.3 Å². The lowest BCUT2D eigenvalue weighted by atomic mass is 9.90. The predicted octanol–water partition coefficient (Wildman–Crippen LogP) is 1.65. The number of carboxylic acids is 1. The Balaban J connectivity index is 2.33. The van der Waals surface area contributed by atoms with E-state index in [9.17, 15) is 18.0 Å². The van der Waals surface area contributed by atoms with Crippen molar-refractivity contribution >= 4 is 21.7 Å². The molecule has 0 spiro atoms. The first-order chi connectivity index (χ1) is 11.1. The zero-order valence-corrected chi connectivity index (χ0v) is 14.9. The molecule has 0 heterocycles. The first-order valence-electron chi connectivity index (χ1n) is 7.87. The highest BCUT2D eigenvalue weighted by Crippen LogP contribution is 2.19. The van der Waals surface area contributed by atoms with Crippen LogP contribution < -0.4 is 5.32 Å². The Bertz CT molecular complexity index is 653. The molecule has 0 aliphatic heterocycles. The van der Waals surface area contributed by atoms with Crippen LogP contribution in [-0.2, 0) is 25.8 Å². The molecule has 2 N–H and O–H groups in total. The molecule has 7 heteroatoms. The largest absolute Gasteiger partial charge is 0.481 e. The Labute approximate surface area is 143 Å². The Morgan fingerprint density at radius 3 is 2.38 bits per heavy atom. The highest BCUT2D eigenvalue weighted by molar-refractivity contribution is 7.92. The molecule has 1 amide bonds. The number of rotatable bonds is 10. The zero-order chi connectivity index (χ0) is 18.2. The standard InChI is InChI=1S/C17H25NO5S/c1-17(2,16(20)21)10-11-18-15(19)13-24(22,23)12-6-9-14-7-4-3-5-8-14/h3-5,7-8H,6,9-13H2,1-2H3,(H,18,19)(H,20,21). The van der Waals surface area contributed by atoms with Gasteiger partial charge in [0, 0.05) is 6.54 Å². The van der Waals surface area contributed by atoms with Gasteiger partial charge in [0.05, 0.1) is 11.2 Å². The van der Waals surface area contributed by atoms with Gasteiger partial charge in [-0.2, -0.15) is 0 Å². The maximum atomic E-state index is 11.9. The molecule has 24 heavy (non-hydrogen) atoms. The molecule has 0 aliphatic carbocycles. The van der Waals surface area contributed by atoms with Gasteiger partial charge in [-0.3, -0.25) is 9.59 Å². The van der Waals surface area contributed by atoms with E-state index < -0.39 is 32.9 Å². The molecule has 6 nitrogen and oxygen atoms in total. The van der Waals surface area contributed by atoms with Crippen molar-refractivity contribution in [2.24, 2.45) is 5.41 Å². The third kappa shape index (κ3) is 7.59. The number of hydrogen-bond acceptors (Lipinski definition) is 4. The molecule has 134 valence electrons. The highest BCUT2D eigenvalue weighted by atomic mass is 32.2. The van der Waals surface area contributed by atoms with Gasteiger partial charge in [0.25, 0.3) is 0 Å². The molecule has 0 aliphatic rings. The number of hydrogen-bond donors (Lipinski definition) is 2. The highest BCUT2D eigenvalue weighted by Gasteiger charge is 2.26. The van der Waals surface area contributed by atoms with Crippen LogP contribution in [0, 0.1) is 5.41 Å². The average Bonchev–Trinajstić information content (AvgIpc) is 2.47. The van der Waals surface area contributed by atoms with Crippen LogP contribution in [0.1, 0.15) is 32.3 Å². The summed E-state index contributed by atoms with van der Waals surface area (Å²) in [7, 11) is -3.46. The third-order valence-electron chi connectivity index (χ3n) is 3.77. The van der Waals surface area contributed by atoms with Crippen molar-refractivity contribution in [2.45, 2.75) is 33.1 Å². The van der Waals surface area contributed by atoms with E-state index in [0.29, 0.717) is 12.8 Å². The lowest BCUT2D eigenvalue weighted by Crippen LogP contribution is -2.35. The number of carbonyl (C=O) groups is 2. The second-order valence-corrected chi connectivity index (χ2v) is 8.65. The SMILES string of the molecule is CC(C)(CCNC(=O)CS(=O)(=O)CCCc1ccccc1)C(=O)O. The molecular weight excluding hydrogens is 330 g/mol. The predicted molar refractivity (Wildman–Crippen MR) is 92.5 cm³/mol. The van der Waals surface area contributed by atoms with Gasteiger partial charge < -0.3 is 10.4 Å². The van der Waals surface area contributed by atoms with E-state index in [4.69, 9.17) is 5.11 Å². The van der Waals surface area contributed by atoms with E-state index in [1.54, 1.807) is 13.8 Å². The molecule has 0 radical (unpaired) electrons. The minimum Gasteiger partial charge on any atom is -0.481 e. The molecule has 0 fully saturated rings. The van der Waals surface area contributed by atoms with Gasteiger partial charge in [-0.15, -0.1) is 0 Å². The average molecular weight is 355 g/mol. The Morgan fingerprint density at radius 1 is 1.17 bits per heavy atom. The molecule has 1 aromatic rings. The monoisotopic (exact) mass is 355 g/mol. The van der Waals surface area contributed by atoms with Crippen LogP contribution in [0.4, 0.5) is 0 Å². The van der Waals surface area contributed by atoms with Gasteiger partial charge in [0.1, 0.15) is 5.75 Å². The summed E-state index contributed by atoms with van der Waals surface area (Å²) in [4.78, 5) is 22.7. The topological polar surface area (TPSA) is 101 Å². The van der Waals surface area contributed by atoms with Crippen molar-refractivity contribution < 1.29 is 23.1 Å². The van der Waals surface area contributed by atoms with E-state index in [1.165, 1.54) is 0 Å². The fraction of sp³-hybridized carbons (Fsp3) is 0.529. The fourth-order valence-electron chi connectivity index (χ4n) is 2.09. The van der Waals surface area contributed by atoms with Crippen LogP contribution >= 0.6 is 0 Å².